The van der Waals surface area contributed by atoms with E-state index in [1.165, 1.54) is 41.5 Å². The summed E-state index contributed by atoms with van der Waals surface area (Å²) in [6.45, 7) is 2.18. The van der Waals surface area contributed by atoms with Crippen LogP contribution in [0.2, 0.25) is 0 Å². The SMILES string of the molecule is CCCCc1ccc(NC(=O)CSc2nnc(NC(=O)C3CCC3)s2)cc1. The van der Waals surface area contributed by atoms with E-state index in [1.807, 2.05) is 12.1 Å². The lowest BCUT2D eigenvalue weighted by molar-refractivity contribution is -0.122. The van der Waals surface area contributed by atoms with Crippen LogP contribution in [0.25, 0.3) is 0 Å². The number of hydrogen-bond acceptors (Lipinski definition) is 6. The van der Waals surface area contributed by atoms with E-state index < -0.39 is 0 Å². The van der Waals surface area contributed by atoms with Crippen molar-refractivity contribution in [1.82, 2.24) is 10.2 Å². The van der Waals surface area contributed by atoms with Crippen molar-refractivity contribution in [3.8, 4) is 0 Å². The van der Waals surface area contributed by atoms with E-state index in [2.05, 4.69) is 39.9 Å². The van der Waals surface area contributed by atoms with Crippen LogP contribution in [-0.4, -0.2) is 27.8 Å². The summed E-state index contributed by atoms with van der Waals surface area (Å²) in [4.78, 5) is 24.0. The maximum atomic E-state index is 12.1. The fourth-order valence-corrected chi connectivity index (χ4v) is 4.21. The summed E-state index contributed by atoms with van der Waals surface area (Å²) in [5, 5.41) is 14.2. The molecule has 0 radical (unpaired) electrons. The van der Waals surface area contributed by atoms with Gasteiger partial charge in [-0.1, -0.05) is 55.0 Å². The van der Waals surface area contributed by atoms with Gasteiger partial charge in [-0.05, 0) is 43.4 Å². The molecule has 1 aliphatic rings. The minimum absolute atomic E-state index is 0.0223. The van der Waals surface area contributed by atoms with Gasteiger partial charge in [-0.15, -0.1) is 10.2 Å². The molecule has 0 aliphatic heterocycles. The molecular weight excluding hydrogens is 380 g/mol. The van der Waals surface area contributed by atoms with Crippen molar-refractivity contribution >= 4 is 45.7 Å². The van der Waals surface area contributed by atoms with Crippen molar-refractivity contribution in [3.05, 3.63) is 29.8 Å². The van der Waals surface area contributed by atoms with E-state index >= 15 is 0 Å². The van der Waals surface area contributed by atoms with Crippen molar-refractivity contribution < 1.29 is 9.59 Å². The first-order chi connectivity index (χ1) is 13.1. The van der Waals surface area contributed by atoms with Crippen molar-refractivity contribution in [2.45, 2.75) is 49.8 Å². The largest absolute Gasteiger partial charge is 0.325 e. The zero-order valence-electron chi connectivity index (χ0n) is 15.4. The summed E-state index contributed by atoms with van der Waals surface area (Å²) >= 11 is 2.62. The predicted molar refractivity (Wildman–Crippen MR) is 110 cm³/mol. The van der Waals surface area contributed by atoms with Crippen molar-refractivity contribution in [2.24, 2.45) is 5.92 Å². The molecule has 0 saturated heterocycles. The van der Waals surface area contributed by atoms with Crippen LogP contribution in [0.1, 0.15) is 44.6 Å². The molecule has 0 unspecified atom stereocenters. The molecule has 1 saturated carbocycles. The smallest absolute Gasteiger partial charge is 0.234 e. The molecule has 1 aromatic heterocycles. The lowest BCUT2D eigenvalue weighted by Gasteiger charge is -2.23. The Hall–Kier alpha value is -1.93. The number of nitrogens with one attached hydrogen (secondary N) is 2. The minimum Gasteiger partial charge on any atom is -0.325 e. The Morgan fingerprint density at radius 2 is 1.96 bits per heavy atom. The zero-order valence-corrected chi connectivity index (χ0v) is 17.0. The minimum atomic E-state index is -0.0865. The first-order valence-corrected chi connectivity index (χ1v) is 11.1. The Kier molecular flexibility index (Phi) is 7.23. The van der Waals surface area contributed by atoms with Gasteiger partial charge in [-0.2, -0.15) is 0 Å². The van der Waals surface area contributed by atoms with E-state index in [9.17, 15) is 9.59 Å². The first kappa shape index (κ1) is 19.8. The molecule has 1 fully saturated rings. The second-order valence-electron chi connectivity index (χ2n) is 6.63. The molecule has 6 nitrogen and oxygen atoms in total. The summed E-state index contributed by atoms with van der Waals surface area (Å²) in [5.41, 5.74) is 2.08. The number of hydrogen-bond donors (Lipinski definition) is 2. The van der Waals surface area contributed by atoms with E-state index in [1.54, 1.807) is 0 Å². The fraction of sp³-hybridized carbons (Fsp3) is 0.474. The van der Waals surface area contributed by atoms with Crippen LogP contribution in [0, 0.1) is 5.92 Å². The Morgan fingerprint density at radius 1 is 1.19 bits per heavy atom. The van der Waals surface area contributed by atoms with E-state index in [0.29, 0.717) is 9.47 Å². The van der Waals surface area contributed by atoms with Gasteiger partial charge in [0.05, 0.1) is 5.75 Å². The molecule has 0 spiro atoms. The normalized spacial score (nSPS) is 13.8. The highest BCUT2D eigenvalue weighted by Crippen LogP contribution is 2.30. The van der Waals surface area contributed by atoms with E-state index in [0.717, 1.165) is 31.4 Å². The standard InChI is InChI=1S/C19H24N4O2S2/c1-2-3-5-13-8-10-15(11-9-13)20-16(24)12-26-19-23-22-18(27-19)21-17(25)14-6-4-7-14/h8-11,14H,2-7,12H2,1H3,(H,20,24)(H,21,22,25). The van der Waals surface area contributed by atoms with Crippen LogP contribution in [0.3, 0.4) is 0 Å². The molecular formula is C19H24N4O2S2. The number of carbonyl (C=O) groups is 2. The highest BCUT2D eigenvalue weighted by molar-refractivity contribution is 8.01. The van der Waals surface area contributed by atoms with Gasteiger partial charge in [0.1, 0.15) is 0 Å². The summed E-state index contributed by atoms with van der Waals surface area (Å²) in [5.74, 6) is 0.303. The van der Waals surface area contributed by atoms with Gasteiger partial charge < -0.3 is 10.6 Å². The molecule has 1 aliphatic carbocycles. The highest BCUT2D eigenvalue weighted by Gasteiger charge is 2.26. The summed E-state index contributed by atoms with van der Waals surface area (Å²) in [6, 6.07) is 7.99. The molecule has 27 heavy (non-hydrogen) atoms. The number of amides is 2. The number of unbranched alkanes of at least 4 members (excludes halogenated alkanes) is 1. The number of aryl methyl sites for hydroxylation is 1. The monoisotopic (exact) mass is 404 g/mol. The third-order valence-corrected chi connectivity index (χ3v) is 6.47. The number of carbonyl (C=O) groups excluding carboxylic acids is 2. The number of aromatic nitrogens is 2. The molecule has 2 aromatic rings. The average Bonchev–Trinajstić information content (AvgIpc) is 3.05. The van der Waals surface area contributed by atoms with Gasteiger partial charge in [0, 0.05) is 11.6 Å². The third kappa shape index (κ3) is 6.04. The number of anilines is 2. The van der Waals surface area contributed by atoms with Crippen molar-refractivity contribution in [2.75, 3.05) is 16.4 Å². The summed E-state index contributed by atoms with van der Waals surface area (Å²) in [6.07, 6.45) is 6.43. The van der Waals surface area contributed by atoms with E-state index in [-0.39, 0.29) is 23.5 Å². The average molecular weight is 405 g/mol. The lowest BCUT2D eigenvalue weighted by atomic mass is 9.85. The van der Waals surface area contributed by atoms with Gasteiger partial charge in [-0.25, -0.2) is 0 Å². The molecule has 2 amide bonds. The molecule has 3 rings (SSSR count). The zero-order chi connectivity index (χ0) is 19.1. The van der Waals surface area contributed by atoms with Crippen LogP contribution < -0.4 is 10.6 Å². The van der Waals surface area contributed by atoms with Crippen LogP contribution in [0.5, 0.6) is 0 Å². The van der Waals surface area contributed by atoms with Gasteiger partial charge >= 0.3 is 0 Å². The molecule has 8 heteroatoms. The molecule has 2 N–H and O–H groups in total. The molecule has 0 bridgehead atoms. The number of nitrogens with zero attached hydrogens (tertiary/aromatic N) is 2. The lowest BCUT2D eigenvalue weighted by Crippen LogP contribution is -2.27. The second kappa shape index (κ2) is 9.85. The number of benzene rings is 1. The Morgan fingerprint density at radius 3 is 2.63 bits per heavy atom. The van der Waals surface area contributed by atoms with Crippen LogP contribution in [0.15, 0.2) is 28.6 Å². The number of thioether (sulfide) groups is 1. The fourth-order valence-electron chi connectivity index (χ4n) is 2.66. The first-order valence-electron chi connectivity index (χ1n) is 9.30. The molecule has 1 heterocycles. The number of rotatable bonds is 9. The van der Waals surface area contributed by atoms with Crippen LogP contribution in [0.4, 0.5) is 10.8 Å². The third-order valence-electron chi connectivity index (χ3n) is 4.50. The maximum Gasteiger partial charge on any atom is 0.234 e. The van der Waals surface area contributed by atoms with Crippen LogP contribution in [-0.2, 0) is 16.0 Å². The van der Waals surface area contributed by atoms with Crippen molar-refractivity contribution in [3.63, 3.8) is 0 Å². The quantitative estimate of drug-likeness (QED) is 0.479. The summed E-state index contributed by atoms with van der Waals surface area (Å²) in [7, 11) is 0. The van der Waals surface area contributed by atoms with Gasteiger partial charge in [-0.3, -0.25) is 9.59 Å². The Labute approximate surface area is 167 Å². The van der Waals surface area contributed by atoms with Gasteiger partial charge in [0.15, 0.2) is 4.34 Å². The van der Waals surface area contributed by atoms with Gasteiger partial charge in [0.2, 0.25) is 16.9 Å². The van der Waals surface area contributed by atoms with Gasteiger partial charge in [0.25, 0.3) is 0 Å². The van der Waals surface area contributed by atoms with E-state index in [4.69, 9.17) is 0 Å². The predicted octanol–water partition coefficient (Wildman–Crippen LogP) is 4.35. The molecule has 144 valence electrons. The topological polar surface area (TPSA) is 84.0 Å². The molecule has 1 aromatic carbocycles. The Bertz CT molecular complexity index is 772. The van der Waals surface area contributed by atoms with Crippen LogP contribution >= 0.6 is 23.1 Å². The second-order valence-corrected chi connectivity index (χ2v) is 8.83. The summed E-state index contributed by atoms with van der Waals surface area (Å²) < 4.78 is 0.670. The Balaban J connectivity index is 1.41. The maximum absolute atomic E-state index is 12.1. The highest BCUT2D eigenvalue weighted by atomic mass is 32.2. The molecule has 0 atom stereocenters. The van der Waals surface area contributed by atoms with Crippen molar-refractivity contribution in [1.29, 1.82) is 0 Å².